The van der Waals surface area contributed by atoms with Crippen LogP contribution in [0.4, 0.5) is 0 Å². The molecule has 0 aromatic carbocycles. The van der Waals surface area contributed by atoms with Crippen LogP contribution in [-0.2, 0) is 11.2 Å². The van der Waals surface area contributed by atoms with Crippen LogP contribution in [0.2, 0.25) is 0 Å². The number of hydrogen-bond donors (Lipinski definition) is 2. The summed E-state index contributed by atoms with van der Waals surface area (Å²) in [7, 11) is 0. The van der Waals surface area contributed by atoms with E-state index in [-0.39, 0.29) is 6.42 Å². The Hall–Kier alpha value is -1.95. The maximum atomic E-state index is 10.7. The van der Waals surface area contributed by atoms with Crippen LogP contribution >= 0.6 is 0 Å². The molecule has 1 unspecified atom stereocenters. The molecule has 0 aliphatic rings. The van der Waals surface area contributed by atoms with Crippen LogP contribution < -0.4 is 5.73 Å². The van der Waals surface area contributed by atoms with Crippen molar-refractivity contribution >= 4 is 11.5 Å². The zero-order chi connectivity index (χ0) is 11.7. The molecule has 84 valence electrons. The number of aromatic nitrogens is 3. The molecule has 2 heterocycles. The third-order valence-corrected chi connectivity index (χ3v) is 2.43. The van der Waals surface area contributed by atoms with Crippen molar-refractivity contribution in [2.45, 2.75) is 19.4 Å². The fraction of sp³-hybridized carbons (Fsp3) is 0.300. The van der Waals surface area contributed by atoms with Crippen molar-refractivity contribution in [3.8, 4) is 0 Å². The Morgan fingerprint density at radius 1 is 1.69 bits per heavy atom. The first-order valence-electron chi connectivity index (χ1n) is 4.85. The molecule has 6 nitrogen and oxygen atoms in total. The molecule has 0 fully saturated rings. The van der Waals surface area contributed by atoms with E-state index in [9.17, 15) is 4.79 Å². The summed E-state index contributed by atoms with van der Waals surface area (Å²) in [5.74, 6) is -0.229. The standard InChI is InChI=1S/C10H12N4O2/c1-6-13-8(4-7(11)10(15)16)9-5-12-2-3-14(6)9/h2-3,5,7H,4,11H2,1H3,(H,15,16). The SMILES string of the molecule is Cc1nc(CC(N)C(=O)O)c2cnccn12. The van der Waals surface area contributed by atoms with Crippen molar-refractivity contribution < 1.29 is 9.90 Å². The number of aryl methyl sites for hydroxylation is 1. The van der Waals surface area contributed by atoms with Crippen LogP contribution in [0.25, 0.3) is 5.52 Å². The first-order valence-corrected chi connectivity index (χ1v) is 4.85. The highest BCUT2D eigenvalue weighted by Gasteiger charge is 2.16. The minimum absolute atomic E-state index is 0.207. The molecule has 16 heavy (non-hydrogen) atoms. The molecule has 2 rings (SSSR count). The molecule has 1 atom stereocenters. The summed E-state index contributed by atoms with van der Waals surface area (Å²) in [4.78, 5) is 19.0. The minimum atomic E-state index is -1.03. The van der Waals surface area contributed by atoms with E-state index in [4.69, 9.17) is 10.8 Å². The minimum Gasteiger partial charge on any atom is -0.480 e. The van der Waals surface area contributed by atoms with Gasteiger partial charge in [-0.15, -0.1) is 0 Å². The summed E-state index contributed by atoms with van der Waals surface area (Å²) in [6, 6.07) is -0.932. The molecule has 0 spiro atoms. The van der Waals surface area contributed by atoms with E-state index in [2.05, 4.69) is 9.97 Å². The number of carbonyl (C=O) groups is 1. The molecular weight excluding hydrogens is 208 g/mol. The maximum absolute atomic E-state index is 10.7. The highest BCUT2D eigenvalue weighted by Crippen LogP contribution is 2.12. The van der Waals surface area contributed by atoms with E-state index < -0.39 is 12.0 Å². The lowest BCUT2D eigenvalue weighted by Crippen LogP contribution is -2.32. The van der Waals surface area contributed by atoms with Gasteiger partial charge in [-0.2, -0.15) is 0 Å². The number of imidazole rings is 1. The number of nitrogens with zero attached hydrogens (tertiary/aromatic N) is 3. The van der Waals surface area contributed by atoms with E-state index in [0.29, 0.717) is 5.69 Å². The molecule has 0 saturated carbocycles. The molecule has 0 saturated heterocycles. The van der Waals surface area contributed by atoms with Gasteiger partial charge < -0.3 is 15.2 Å². The van der Waals surface area contributed by atoms with Crippen LogP contribution in [0, 0.1) is 6.92 Å². The third kappa shape index (κ3) is 1.74. The zero-order valence-electron chi connectivity index (χ0n) is 8.79. The van der Waals surface area contributed by atoms with E-state index >= 15 is 0 Å². The number of fused-ring (bicyclic) bond motifs is 1. The maximum Gasteiger partial charge on any atom is 0.320 e. The topological polar surface area (TPSA) is 93.5 Å². The zero-order valence-corrected chi connectivity index (χ0v) is 8.79. The third-order valence-electron chi connectivity index (χ3n) is 2.43. The van der Waals surface area contributed by atoms with Crippen LogP contribution in [0.5, 0.6) is 0 Å². The monoisotopic (exact) mass is 220 g/mol. The Balaban J connectivity index is 2.42. The summed E-state index contributed by atoms with van der Waals surface area (Å²) >= 11 is 0. The Bertz CT molecular complexity index is 535. The molecule has 2 aromatic rings. The highest BCUT2D eigenvalue weighted by atomic mass is 16.4. The Morgan fingerprint density at radius 2 is 2.44 bits per heavy atom. The second kappa shape index (κ2) is 3.90. The first kappa shape index (κ1) is 10.6. The van der Waals surface area contributed by atoms with Gasteiger partial charge in [0.15, 0.2) is 0 Å². The second-order valence-corrected chi connectivity index (χ2v) is 3.59. The normalized spacial score (nSPS) is 12.9. The van der Waals surface area contributed by atoms with E-state index in [1.165, 1.54) is 0 Å². The molecule has 0 bridgehead atoms. The van der Waals surface area contributed by atoms with Crippen molar-refractivity contribution in [1.29, 1.82) is 0 Å². The van der Waals surface area contributed by atoms with Crippen molar-refractivity contribution in [2.75, 3.05) is 0 Å². The average molecular weight is 220 g/mol. The van der Waals surface area contributed by atoms with Gasteiger partial charge in [0.25, 0.3) is 0 Å². The molecule has 0 aliphatic heterocycles. The summed E-state index contributed by atoms with van der Waals surface area (Å²) in [6.45, 7) is 1.85. The number of hydrogen-bond acceptors (Lipinski definition) is 4. The molecule has 0 amide bonds. The highest BCUT2D eigenvalue weighted by molar-refractivity contribution is 5.74. The van der Waals surface area contributed by atoms with Crippen LogP contribution in [0.1, 0.15) is 11.5 Å². The van der Waals surface area contributed by atoms with Crippen molar-refractivity contribution in [2.24, 2.45) is 5.73 Å². The lowest BCUT2D eigenvalue weighted by molar-refractivity contribution is -0.138. The molecule has 0 radical (unpaired) electrons. The van der Waals surface area contributed by atoms with Gasteiger partial charge in [-0.3, -0.25) is 9.78 Å². The van der Waals surface area contributed by atoms with E-state index in [0.717, 1.165) is 11.3 Å². The van der Waals surface area contributed by atoms with E-state index in [1.54, 1.807) is 18.6 Å². The van der Waals surface area contributed by atoms with Crippen LogP contribution in [-0.4, -0.2) is 31.5 Å². The summed E-state index contributed by atoms with van der Waals surface area (Å²) in [6.07, 6.45) is 5.30. The lowest BCUT2D eigenvalue weighted by Gasteiger charge is -2.03. The number of nitrogens with two attached hydrogens (primary N) is 1. The van der Waals surface area contributed by atoms with Crippen molar-refractivity contribution in [3.63, 3.8) is 0 Å². The van der Waals surface area contributed by atoms with Gasteiger partial charge in [0.05, 0.1) is 17.4 Å². The Kier molecular flexibility index (Phi) is 2.57. The predicted octanol–water partition coefficient (Wildman–Crippen LogP) is -0.00788. The number of aliphatic carboxylic acids is 1. The summed E-state index contributed by atoms with van der Waals surface area (Å²) in [5, 5.41) is 8.75. The van der Waals surface area contributed by atoms with E-state index in [1.807, 2.05) is 11.3 Å². The number of carboxylic acid groups (broad SMARTS) is 1. The van der Waals surface area contributed by atoms with Gasteiger partial charge in [0.2, 0.25) is 0 Å². The molecule has 2 aromatic heterocycles. The fourth-order valence-corrected chi connectivity index (χ4v) is 1.61. The van der Waals surface area contributed by atoms with Crippen LogP contribution in [0.3, 0.4) is 0 Å². The smallest absolute Gasteiger partial charge is 0.320 e. The number of rotatable bonds is 3. The summed E-state index contributed by atoms with van der Waals surface area (Å²) < 4.78 is 1.86. The van der Waals surface area contributed by atoms with Gasteiger partial charge in [0.1, 0.15) is 11.9 Å². The molecule has 3 N–H and O–H groups in total. The summed E-state index contributed by atoms with van der Waals surface area (Å²) in [5.41, 5.74) is 6.95. The first-order chi connectivity index (χ1) is 7.59. The second-order valence-electron chi connectivity index (χ2n) is 3.59. The molecule has 6 heteroatoms. The fourth-order valence-electron chi connectivity index (χ4n) is 1.61. The Morgan fingerprint density at radius 3 is 3.12 bits per heavy atom. The van der Waals surface area contributed by atoms with Gasteiger partial charge in [-0.25, -0.2) is 4.98 Å². The molecule has 0 aliphatic carbocycles. The van der Waals surface area contributed by atoms with Gasteiger partial charge in [-0.1, -0.05) is 0 Å². The van der Waals surface area contributed by atoms with Crippen molar-refractivity contribution in [3.05, 3.63) is 30.1 Å². The lowest BCUT2D eigenvalue weighted by atomic mass is 10.1. The van der Waals surface area contributed by atoms with Crippen molar-refractivity contribution in [1.82, 2.24) is 14.4 Å². The quantitative estimate of drug-likeness (QED) is 0.758. The van der Waals surface area contributed by atoms with Gasteiger partial charge >= 0.3 is 5.97 Å². The Labute approximate surface area is 91.7 Å². The molecular formula is C10H12N4O2. The van der Waals surface area contributed by atoms with Gasteiger partial charge in [-0.05, 0) is 6.92 Å². The predicted molar refractivity (Wildman–Crippen MR) is 57.0 cm³/mol. The van der Waals surface area contributed by atoms with Crippen LogP contribution in [0.15, 0.2) is 18.6 Å². The average Bonchev–Trinajstić information content (AvgIpc) is 2.57. The van der Waals surface area contributed by atoms with Gasteiger partial charge in [0, 0.05) is 18.8 Å². The number of carboxylic acids is 1. The largest absolute Gasteiger partial charge is 0.480 e.